The van der Waals surface area contributed by atoms with Gasteiger partial charge in [0, 0.05) is 19.3 Å². The third-order valence-electron chi connectivity index (χ3n) is 3.89. The van der Waals surface area contributed by atoms with E-state index in [0.29, 0.717) is 6.42 Å². The number of nitrogens with zero attached hydrogens (tertiary/aromatic N) is 1. The lowest BCUT2D eigenvalue weighted by Gasteiger charge is -2.19. The van der Waals surface area contributed by atoms with Crippen molar-refractivity contribution in [2.45, 2.75) is 33.1 Å². The van der Waals surface area contributed by atoms with Gasteiger partial charge in [0.1, 0.15) is 0 Å². The predicted octanol–water partition coefficient (Wildman–Crippen LogP) is 2.72. The van der Waals surface area contributed by atoms with E-state index in [1.54, 1.807) is 13.8 Å². The van der Waals surface area contributed by atoms with Gasteiger partial charge >= 0.3 is 5.97 Å². The van der Waals surface area contributed by atoms with Crippen molar-refractivity contribution in [3.05, 3.63) is 29.3 Å². The Balaban J connectivity index is 2.06. The highest BCUT2D eigenvalue weighted by Crippen LogP contribution is 2.29. The number of fused-ring (bicyclic) bond motifs is 1. The van der Waals surface area contributed by atoms with E-state index in [9.17, 15) is 4.79 Å². The number of hydrogen-bond donors (Lipinski definition) is 1. The second kappa shape index (κ2) is 4.63. The normalized spacial score (nSPS) is 14.7. The highest BCUT2D eigenvalue weighted by molar-refractivity contribution is 5.73. The van der Waals surface area contributed by atoms with Gasteiger partial charge in [-0.1, -0.05) is 12.1 Å². The molecule has 0 saturated heterocycles. The van der Waals surface area contributed by atoms with Gasteiger partial charge in [0.05, 0.1) is 5.41 Å². The summed E-state index contributed by atoms with van der Waals surface area (Å²) < 4.78 is 0. The van der Waals surface area contributed by atoms with Crippen molar-refractivity contribution in [2.24, 2.45) is 5.41 Å². The molecule has 1 heterocycles. The Morgan fingerprint density at radius 1 is 1.44 bits per heavy atom. The van der Waals surface area contributed by atoms with Gasteiger partial charge in [-0.25, -0.2) is 0 Å². The molecule has 0 radical (unpaired) electrons. The number of hydrogen-bond acceptors (Lipinski definition) is 2. The molecular formula is C15H21NO2. The standard InChI is InChI=1S/C15H21NO2/c1-15(2,14(17)18)8-6-11-4-5-13-12(10-11)7-9-16(13)3/h4-5,10H,6-9H2,1-3H3,(H,17,18). The van der Waals surface area contributed by atoms with E-state index >= 15 is 0 Å². The molecule has 1 N–H and O–H groups in total. The second-order valence-corrected chi connectivity index (χ2v) is 5.82. The van der Waals surface area contributed by atoms with Crippen molar-refractivity contribution in [1.29, 1.82) is 0 Å². The summed E-state index contributed by atoms with van der Waals surface area (Å²) in [5.41, 5.74) is 3.31. The molecular weight excluding hydrogens is 226 g/mol. The average Bonchev–Trinajstić information content (AvgIpc) is 2.68. The molecule has 0 saturated carbocycles. The second-order valence-electron chi connectivity index (χ2n) is 5.82. The van der Waals surface area contributed by atoms with Crippen LogP contribution in [0.5, 0.6) is 0 Å². The lowest BCUT2D eigenvalue weighted by atomic mass is 9.86. The SMILES string of the molecule is CN1CCc2cc(CCC(C)(C)C(=O)O)ccc21. The number of likely N-dealkylation sites (N-methyl/N-ethyl adjacent to an activating group) is 1. The molecule has 0 unspecified atom stereocenters. The van der Waals surface area contributed by atoms with Crippen LogP contribution in [-0.2, 0) is 17.6 Å². The molecule has 1 aliphatic rings. The Labute approximate surface area is 108 Å². The predicted molar refractivity (Wildman–Crippen MR) is 73.2 cm³/mol. The molecule has 3 heteroatoms. The molecule has 1 aliphatic heterocycles. The summed E-state index contributed by atoms with van der Waals surface area (Å²) in [5.74, 6) is -0.719. The molecule has 0 bridgehead atoms. The van der Waals surface area contributed by atoms with Crippen LogP contribution in [0.3, 0.4) is 0 Å². The van der Waals surface area contributed by atoms with Crippen LogP contribution in [0.15, 0.2) is 18.2 Å². The van der Waals surface area contributed by atoms with Crippen LogP contribution in [0.2, 0.25) is 0 Å². The Kier molecular flexibility index (Phi) is 3.33. The van der Waals surface area contributed by atoms with Gasteiger partial charge in [0.25, 0.3) is 0 Å². The van der Waals surface area contributed by atoms with Gasteiger partial charge in [-0.05, 0) is 50.3 Å². The van der Waals surface area contributed by atoms with Crippen LogP contribution in [0.4, 0.5) is 5.69 Å². The van der Waals surface area contributed by atoms with Crippen molar-refractivity contribution in [3.63, 3.8) is 0 Å². The van der Waals surface area contributed by atoms with Crippen molar-refractivity contribution >= 4 is 11.7 Å². The van der Waals surface area contributed by atoms with Gasteiger partial charge in [0.15, 0.2) is 0 Å². The summed E-state index contributed by atoms with van der Waals surface area (Å²) in [6, 6.07) is 6.51. The number of aryl methyl sites for hydroxylation is 1. The van der Waals surface area contributed by atoms with Crippen molar-refractivity contribution < 1.29 is 9.90 Å². The fraction of sp³-hybridized carbons (Fsp3) is 0.533. The van der Waals surface area contributed by atoms with Gasteiger partial charge in [-0.3, -0.25) is 4.79 Å². The topological polar surface area (TPSA) is 40.5 Å². The highest BCUT2D eigenvalue weighted by atomic mass is 16.4. The number of carboxylic acid groups (broad SMARTS) is 1. The molecule has 0 spiro atoms. The van der Waals surface area contributed by atoms with Crippen molar-refractivity contribution in [1.82, 2.24) is 0 Å². The van der Waals surface area contributed by atoms with Crippen LogP contribution >= 0.6 is 0 Å². The smallest absolute Gasteiger partial charge is 0.309 e. The summed E-state index contributed by atoms with van der Waals surface area (Å²) in [5, 5.41) is 9.10. The van der Waals surface area contributed by atoms with Crippen LogP contribution in [0, 0.1) is 5.41 Å². The Hall–Kier alpha value is -1.51. The first kappa shape index (κ1) is 12.9. The zero-order valence-corrected chi connectivity index (χ0v) is 11.4. The minimum absolute atomic E-state index is 0.643. The summed E-state index contributed by atoms with van der Waals surface area (Å²) >= 11 is 0. The van der Waals surface area contributed by atoms with Gasteiger partial charge in [0.2, 0.25) is 0 Å². The van der Waals surface area contributed by atoms with Gasteiger partial charge < -0.3 is 10.0 Å². The molecule has 0 amide bonds. The summed E-state index contributed by atoms with van der Waals surface area (Å²) in [6.45, 7) is 4.66. The van der Waals surface area contributed by atoms with E-state index in [0.717, 1.165) is 19.4 Å². The number of benzene rings is 1. The Morgan fingerprint density at radius 3 is 2.83 bits per heavy atom. The van der Waals surface area contributed by atoms with Gasteiger partial charge in [-0.15, -0.1) is 0 Å². The quantitative estimate of drug-likeness (QED) is 0.889. The lowest BCUT2D eigenvalue weighted by molar-refractivity contribution is -0.147. The molecule has 1 aromatic rings. The summed E-state index contributed by atoms with van der Waals surface area (Å²) in [7, 11) is 2.11. The van der Waals surface area contributed by atoms with Crippen LogP contribution < -0.4 is 4.90 Å². The number of rotatable bonds is 4. The zero-order valence-electron chi connectivity index (χ0n) is 11.4. The van der Waals surface area contributed by atoms with E-state index in [1.807, 2.05) is 0 Å². The summed E-state index contributed by atoms with van der Waals surface area (Å²) in [4.78, 5) is 13.3. The average molecular weight is 247 g/mol. The van der Waals surface area contributed by atoms with E-state index in [4.69, 9.17) is 5.11 Å². The highest BCUT2D eigenvalue weighted by Gasteiger charge is 2.26. The largest absolute Gasteiger partial charge is 0.481 e. The maximum atomic E-state index is 11.1. The van der Waals surface area contributed by atoms with E-state index in [2.05, 4.69) is 30.1 Å². The molecule has 98 valence electrons. The van der Waals surface area contributed by atoms with E-state index in [-0.39, 0.29) is 0 Å². The lowest BCUT2D eigenvalue weighted by Crippen LogP contribution is -2.24. The number of carbonyl (C=O) groups is 1. The molecule has 3 nitrogen and oxygen atoms in total. The first-order valence-corrected chi connectivity index (χ1v) is 6.46. The van der Waals surface area contributed by atoms with Crippen LogP contribution in [-0.4, -0.2) is 24.7 Å². The van der Waals surface area contributed by atoms with Crippen molar-refractivity contribution in [3.8, 4) is 0 Å². The Bertz CT molecular complexity index is 466. The number of carboxylic acids is 1. The zero-order chi connectivity index (χ0) is 13.3. The van der Waals surface area contributed by atoms with Crippen LogP contribution in [0.1, 0.15) is 31.4 Å². The fourth-order valence-electron chi connectivity index (χ4n) is 2.34. The molecule has 18 heavy (non-hydrogen) atoms. The van der Waals surface area contributed by atoms with E-state index < -0.39 is 11.4 Å². The molecule has 2 rings (SSSR count). The molecule has 0 aromatic heterocycles. The maximum Gasteiger partial charge on any atom is 0.309 e. The van der Waals surface area contributed by atoms with Crippen LogP contribution in [0.25, 0.3) is 0 Å². The maximum absolute atomic E-state index is 11.1. The Morgan fingerprint density at radius 2 is 2.17 bits per heavy atom. The molecule has 0 atom stereocenters. The molecule has 1 aromatic carbocycles. The first-order valence-electron chi connectivity index (χ1n) is 6.46. The number of anilines is 1. The minimum atomic E-state index is -0.719. The monoisotopic (exact) mass is 247 g/mol. The third-order valence-corrected chi connectivity index (χ3v) is 3.89. The fourth-order valence-corrected chi connectivity index (χ4v) is 2.34. The van der Waals surface area contributed by atoms with Gasteiger partial charge in [-0.2, -0.15) is 0 Å². The minimum Gasteiger partial charge on any atom is -0.481 e. The van der Waals surface area contributed by atoms with E-state index in [1.165, 1.54) is 16.8 Å². The molecule has 0 aliphatic carbocycles. The number of aliphatic carboxylic acids is 1. The third kappa shape index (κ3) is 2.50. The molecule has 0 fully saturated rings. The first-order chi connectivity index (χ1) is 8.40. The summed E-state index contributed by atoms with van der Waals surface area (Å²) in [6.07, 6.45) is 2.61. The van der Waals surface area contributed by atoms with Crippen molar-refractivity contribution in [2.75, 3.05) is 18.5 Å².